The molecule has 0 saturated carbocycles. The summed E-state index contributed by atoms with van der Waals surface area (Å²) in [6, 6.07) is 16.9. The number of anilines is 2. The van der Waals surface area contributed by atoms with E-state index in [0.717, 1.165) is 22.4 Å². The van der Waals surface area contributed by atoms with Gasteiger partial charge in [0.25, 0.3) is 11.8 Å². The molecule has 4 aromatic rings. The van der Waals surface area contributed by atoms with Gasteiger partial charge in [-0.15, -0.1) is 5.10 Å². The van der Waals surface area contributed by atoms with Crippen LogP contribution in [0.2, 0.25) is 0 Å². The summed E-state index contributed by atoms with van der Waals surface area (Å²) in [6.07, 6.45) is 1.84. The largest absolute Gasteiger partial charge is 0.348 e. The highest BCUT2D eigenvalue weighted by Gasteiger charge is 2.19. The molecule has 1 aliphatic heterocycles. The van der Waals surface area contributed by atoms with Gasteiger partial charge in [0.05, 0.1) is 0 Å². The summed E-state index contributed by atoms with van der Waals surface area (Å²) >= 11 is 0. The van der Waals surface area contributed by atoms with E-state index in [2.05, 4.69) is 20.7 Å². The zero-order valence-electron chi connectivity index (χ0n) is 17.1. The number of amides is 2. The minimum Gasteiger partial charge on any atom is -0.348 e. The van der Waals surface area contributed by atoms with Crippen LogP contribution < -0.4 is 10.6 Å². The van der Waals surface area contributed by atoms with E-state index >= 15 is 0 Å². The first-order valence-electron chi connectivity index (χ1n) is 9.85. The number of rotatable bonds is 4. The first kappa shape index (κ1) is 18.8. The van der Waals surface area contributed by atoms with Gasteiger partial charge in [-0.2, -0.15) is 4.98 Å². The van der Waals surface area contributed by atoms with Crippen LogP contribution in [0.4, 0.5) is 11.6 Å². The average Bonchev–Trinajstić information content (AvgIpc) is 3.35. The zero-order chi connectivity index (χ0) is 21.5. The molecule has 31 heavy (non-hydrogen) atoms. The van der Waals surface area contributed by atoms with Crippen molar-refractivity contribution in [3.63, 3.8) is 0 Å². The van der Waals surface area contributed by atoms with Crippen molar-refractivity contribution in [1.82, 2.24) is 24.8 Å². The molecule has 0 unspecified atom stereocenters. The highest BCUT2D eigenvalue weighted by molar-refractivity contribution is 5.98. The summed E-state index contributed by atoms with van der Waals surface area (Å²) in [5.74, 6) is 0.379. The van der Waals surface area contributed by atoms with Crippen molar-refractivity contribution < 1.29 is 9.59 Å². The van der Waals surface area contributed by atoms with Crippen LogP contribution in [0.1, 0.15) is 26.3 Å². The van der Waals surface area contributed by atoms with Crippen LogP contribution in [0.5, 0.6) is 0 Å². The Hall–Kier alpha value is -4.20. The van der Waals surface area contributed by atoms with E-state index in [1.807, 2.05) is 54.7 Å². The Kier molecular flexibility index (Phi) is 4.39. The number of hydrogen-bond acceptors (Lipinski definition) is 5. The number of benzene rings is 2. The van der Waals surface area contributed by atoms with Crippen LogP contribution >= 0.6 is 0 Å². The molecule has 2 aromatic heterocycles. The number of fused-ring (bicyclic) bond motifs is 2. The SMILES string of the molecule is CN(C)C(=O)c1ccc(-c2cccn3nc(Nc4ccc5c(c4)CNC5=O)nc23)cc1. The molecule has 5 rings (SSSR count). The molecule has 2 amide bonds. The molecular weight excluding hydrogens is 392 g/mol. The van der Waals surface area contributed by atoms with Crippen molar-refractivity contribution in [2.45, 2.75) is 6.54 Å². The summed E-state index contributed by atoms with van der Waals surface area (Å²) in [7, 11) is 3.47. The third-order valence-electron chi connectivity index (χ3n) is 5.26. The fourth-order valence-electron chi connectivity index (χ4n) is 3.67. The van der Waals surface area contributed by atoms with E-state index in [-0.39, 0.29) is 11.8 Å². The van der Waals surface area contributed by atoms with E-state index in [9.17, 15) is 9.59 Å². The Morgan fingerprint density at radius 3 is 2.68 bits per heavy atom. The normalized spacial score (nSPS) is 12.5. The molecule has 2 aromatic carbocycles. The van der Waals surface area contributed by atoms with Crippen LogP contribution in [0.3, 0.4) is 0 Å². The molecule has 154 valence electrons. The third-order valence-corrected chi connectivity index (χ3v) is 5.26. The molecular formula is C23H20N6O2. The van der Waals surface area contributed by atoms with Gasteiger partial charge < -0.3 is 15.5 Å². The van der Waals surface area contributed by atoms with Crippen molar-refractivity contribution in [2.75, 3.05) is 19.4 Å². The molecule has 1 aliphatic rings. The minimum atomic E-state index is -0.0460. The summed E-state index contributed by atoms with van der Waals surface area (Å²) in [6.45, 7) is 0.527. The Morgan fingerprint density at radius 2 is 1.90 bits per heavy atom. The standard InChI is InChI=1S/C23H20N6O2/c1-28(2)22(31)15-7-5-14(6-8-15)18-4-3-11-29-20(18)26-23(27-29)25-17-9-10-19-16(12-17)13-24-21(19)30/h3-12H,13H2,1-2H3,(H,24,30)(H,25,27). The monoisotopic (exact) mass is 412 g/mol. The molecule has 0 radical (unpaired) electrons. The summed E-state index contributed by atoms with van der Waals surface area (Å²) in [5.41, 5.74) is 5.67. The summed E-state index contributed by atoms with van der Waals surface area (Å²) in [5, 5.41) is 10.6. The molecule has 2 N–H and O–H groups in total. The number of nitrogens with one attached hydrogen (secondary N) is 2. The van der Waals surface area contributed by atoms with Gasteiger partial charge in [0, 0.05) is 49.2 Å². The highest BCUT2D eigenvalue weighted by Crippen LogP contribution is 2.26. The van der Waals surface area contributed by atoms with Gasteiger partial charge in [-0.05, 0) is 53.6 Å². The molecule has 0 aliphatic carbocycles. The van der Waals surface area contributed by atoms with E-state index in [0.29, 0.717) is 29.3 Å². The maximum atomic E-state index is 12.1. The summed E-state index contributed by atoms with van der Waals surface area (Å²) in [4.78, 5) is 30.1. The van der Waals surface area contributed by atoms with Gasteiger partial charge in [0.15, 0.2) is 5.65 Å². The lowest BCUT2D eigenvalue weighted by molar-refractivity contribution is 0.0827. The van der Waals surface area contributed by atoms with E-state index in [1.54, 1.807) is 29.6 Å². The topological polar surface area (TPSA) is 91.6 Å². The number of hydrogen-bond donors (Lipinski definition) is 2. The predicted octanol–water partition coefficient (Wildman–Crippen LogP) is 3.09. The first-order valence-corrected chi connectivity index (χ1v) is 9.85. The fourth-order valence-corrected chi connectivity index (χ4v) is 3.67. The molecule has 8 nitrogen and oxygen atoms in total. The second kappa shape index (κ2) is 7.24. The second-order valence-electron chi connectivity index (χ2n) is 7.58. The lowest BCUT2D eigenvalue weighted by Gasteiger charge is -2.10. The van der Waals surface area contributed by atoms with E-state index in [4.69, 9.17) is 0 Å². The maximum Gasteiger partial charge on any atom is 0.253 e. The number of aromatic nitrogens is 3. The molecule has 0 fully saturated rings. The first-order chi connectivity index (χ1) is 15.0. The lowest BCUT2D eigenvalue weighted by atomic mass is 10.0. The number of pyridine rings is 1. The zero-order valence-corrected chi connectivity index (χ0v) is 17.1. The van der Waals surface area contributed by atoms with Crippen LogP contribution in [-0.2, 0) is 6.54 Å². The van der Waals surface area contributed by atoms with Crippen molar-refractivity contribution >= 4 is 29.1 Å². The average molecular weight is 412 g/mol. The molecule has 3 heterocycles. The van der Waals surface area contributed by atoms with E-state index in [1.165, 1.54) is 0 Å². The highest BCUT2D eigenvalue weighted by atomic mass is 16.2. The van der Waals surface area contributed by atoms with Crippen molar-refractivity contribution in [1.29, 1.82) is 0 Å². The van der Waals surface area contributed by atoms with Gasteiger partial charge in [0.2, 0.25) is 5.95 Å². The Balaban J connectivity index is 1.46. The Labute approximate surface area is 178 Å². The Bertz CT molecular complexity index is 1320. The number of nitrogens with zero attached hydrogens (tertiary/aromatic N) is 4. The second-order valence-corrected chi connectivity index (χ2v) is 7.58. The van der Waals surface area contributed by atoms with Gasteiger partial charge in [-0.1, -0.05) is 12.1 Å². The molecule has 0 spiro atoms. The number of carbonyl (C=O) groups is 2. The maximum absolute atomic E-state index is 12.1. The number of carbonyl (C=O) groups excluding carboxylic acids is 2. The van der Waals surface area contributed by atoms with Crippen molar-refractivity contribution in [2.24, 2.45) is 0 Å². The van der Waals surface area contributed by atoms with E-state index < -0.39 is 0 Å². The van der Waals surface area contributed by atoms with Crippen molar-refractivity contribution in [3.05, 3.63) is 77.5 Å². The van der Waals surface area contributed by atoms with Crippen LogP contribution in [-0.4, -0.2) is 45.4 Å². The van der Waals surface area contributed by atoms with Crippen molar-refractivity contribution in [3.8, 4) is 11.1 Å². The third kappa shape index (κ3) is 3.38. The molecule has 0 atom stereocenters. The van der Waals surface area contributed by atoms with Gasteiger partial charge >= 0.3 is 0 Å². The van der Waals surface area contributed by atoms with Crippen LogP contribution in [0, 0.1) is 0 Å². The van der Waals surface area contributed by atoms with Gasteiger partial charge in [-0.3, -0.25) is 9.59 Å². The van der Waals surface area contributed by atoms with Crippen LogP contribution in [0.25, 0.3) is 16.8 Å². The Morgan fingerprint density at radius 1 is 1.10 bits per heavy atom. The fraction of sp³-hybridized carbons (Fsp3) is 0.130. The van der Waals surface area contributed by atoms with Gasteiger partial charge in [0.1, 0.15) is 0 Å². The quantitative estimate of drug-likeness (QED) is 0.538. The molecule has 0 saturated heterocycles. The molecule has 8 heteroatoms. The van der Waals surface area contributed by atoms with Gasteiger partial charge in [-0.25, -0.2) is 4.52 Å². The summed E-state index contributed by atoms with van der Waals surface area (Å²) < 4.78 is 1.72. The van der Waals surface area contributed by atoms with Crippen LogP contribution in [0.15, 0.2) is 60.8 Å². The predicted molar refractivity (Wildman–Crippen MR) is 117 cm³/mol. The smallest absolute Gasteiger partial charge is 0.253 e. The molecule has 0 bridgehead atoms. The lowest BCUT2D eigenvalue weighted by Crippen LogP contribution is -2.21. The minimum absolute atomic E-state index is 0.0371.